The Hall–Kier alpha value is -1.10. The topological polar surface area (TPSA) is 35.9 Å². The fraction of sp³-hybridized carbons (Fsp3) is 0.647. The summed E-state index contributed by atoms with van der Waals surface area (Å²) < 4.78 is 5.42. The van der Waals surface area contributed by atoms with Gasteiger partial charge in [-0.15, -0.1) is 0 Å². The Bertz CT molecular complexity index is 472. The number of aliphatic hydroxyl groups is 1. The van der Waals surface area contributed by atoms with Gasteiger partial charge in [0.15, 0.2) is 0 Å². The molecule has 4 nitrogen and oxygen atoms in total. The molecule has 0 aromatic heterocycles. The molecular weight excluding hydrogens is 264 g/mol. The van der Waals surface area contributed by atoms with Crippen molar-refractivity contribution in [2.45, 2.75) is 19.9 Å². The van der Waals surface area contributed by atoms with E-state index >= 15 is 0 Å². The van der Waals surface area contributed by atoms with Gasteiger partial charge in [-0.1, -0.05) is 6.07 Å². The number of ether oxygens (including phenoxy) is 1. The molecule has 2 fully saturated rings. The van der Waals surface area contributed by atoms with E-state index in [1.807, 2.05) is 0 Å². The van der Waals surface area contributed by atoms with Crippen LogP contribution in [0.3, 0.4) is 0 Å². The Labute approximate surface area is 127 Å². The van der Waals surface area contributed by atoms with Gasteiger partial charge < -0.3 is 14.7 Å². The van der Waals surface area contributed by atoms with Crippen LogP contribution in [0.2, 0.25) is 0 Å². The van der Waals surface area contributed by atoms with Crippen molar-refractivity contribution in [3.8, 4) is 0 Å². The molecule has 3 rings (SSSR count). The Morgan fingerprint density at radius 1 is 1.24 bits per heavy atom. The second-order valence-corrected chi connectivity index (χ2v) is 6.28. The van der Waals surface area contributed by atoms with Gasteiger partial charge in [0, 0.05) is 38.5 Å². The third kappa shape index (κ3) is 3.57. The van der Waals surface area contributed by atoms with Crippen molar-refractivity contribution in [1.82, 2.24) is 4.90 Å². The number of aryl methyl sites for hydroxylation is 1. The molecular formula is C17H26N2O2. The number of likely N-dealkylation sites (tertiary alicyclic amines) is 1. The molecule has 0 bridgehead atoms. The van der Waals surface area contributed by atoms with E-state index in [0.29, 0.717) is 12.5 Å². The number of aliphatic hydroxyl groups excluding tert-OH is 1. The average Bonchev–Trinajstić information content (AvgIpc) is 2.98. The zero-order valence-corrected chi connectivity index (χ0v) is 12.9. The Morgan fingerprint density at radius 2 is 2.05 bits per heavy atom. The summed E-state index contributed by atoms with van der Waals surface area (Å²) in [6.07, 6.45) is 1.13. The third-order valence-corrected chi connectivity index (χ3v) is 4.72. The highest BCUT2D eigenvalue weighted by Gasteiger charge is 2.22. The molecule has 1 N–H and O–H groups in total. The minimum atomic E-state index is 0.325. The van der Waals surface area contributed by atoms with Crippen LogP contribution >= 0.6 is 0 Å². The SMILES string of the molecule is Cc1cc(N2CCOCC2)ccc1CN1CCC(CO)C1. The molecule has 0 amide bonds. The quantitative estimate of drug-likeness (QED) is 0.914. The highest BCUT2D eigenvalue weighted by molar-refractivity contribution is 5.51. The summed E-state index contributed by atoms with van der Waals surface area (Å²) in [5.74, 6) is 0.470. The van der Waals surface area contributed by atoms with Gasteiger partial charge in [-0.25, -0.2) is 0 Å². The Kier molecular flexibility index (Phi) is 4.78. The van der Waals surface area contributed by atoms with Crippen molar-refractivity contribution in [1.29, 1.82) is 0 Å². The second-order valence-electron chi connectivity index (χ2n) is 6.28. The lowest BCUT2D eigenvalue weighted by molar-refractivity contribution is 0.122. The van der Waals surface area contributed by atoms with Crippen LogP contribution in [-0.2, 0) is 11.3 Å². The molecule has 2 aliphatic rings. The predicted molar refractivity (Wildman–Crippen MR) is 84.7 cm³/mol. The van der Waals surface area contributed by atoms with Crippen molar-refractivity contribution < 1.29 is 9.84 Å². The van der Waals surface area contributed by atoms with E-state index in [0.717, 1.165) is 52.4 Å². The van der Waals surface area contributed by atoms with E-state index in [9.17, 15) is 5.11 Å². The maximum atomic E-state index is 9.24. The molecule has 4 heteroatoms. The molecule has 2 saturated heterocycles. The fourth-order valence-electron chi connectivity index (χ4n) is 3.32. The Balaban J connectivity index is 1.64. The minimum Gasteiger partial charge on any atom is -0.396 e. The predicted octanol–water partition coefficient (Wildman–Crippen LogP) is 1.65. The van der Waals surface area contributed by atoms with Crippen LogP contribution in [0, 0.1) is 12.8 Å². The Morgan fingerprint density at radius 3 is 2.71 bits per heavy atom. The van der Waals surface area contributed by atoms with Gasteiger partial charge in [0.2, 0.25) is 0 Å². The average molecular weight is 290 g/mol. The van der Waals surface area contributed by atoms with E-state index in [1.54, 1.807) is 0 Å². The molecule has 1 aromatic carbocycles. The maximum Gasteiger partial charge on any atom is 0.0642 e. The van der Waals surface area contributed by atoms with Gasteiger partial charge in [-0.2, -0.15) is 0 Å². The highest BCUT2D eigenvalue weighted by atomic mass is 16.5. The smallest absolute Gasteiger partial charge is 0.0642 e. The van der Waals surface area contributed by atoms with Crippen molar-refractivity contribution in [2.24, 2.45) is 5.92 Å². The first-order valence-electron chi connectivity index (χ1n) is 8.01. The van der Waals surface area contributed by atoms with Gasteiger partial charge in [-0.3, -0.25) is 4.90 Å². The summed E-state index contributed by atoms with van der Waals surface area (Å²) in [5.41, 5.74) is 4.09. The summed E-state index contributed by atoms with van der Waals surface area (Å²) in [6.45, 7) is 9.31. The number of hydrogen-bond donors (Lipinski definition) is 1. The van der Waals surface area contributed by atoms with E-state index in [4.69, 9.17) is 4.74 Å². The zero-order valence-electron chi connectivity index (χ0n) is 12.9. The lowest BCUT2D eigenvalue weighted by Crippen LogP contribution is -2.36. The van der Waals surface area contributed by atoms with E-state index < -0.39 is 0 Å². The molecule has 116 valence electrons. The molecule has 0 saturated carbocycles. The summed E-state index contributed by atoms with van der Waals surface area (Å²) >= 11 is 0. The summed E-state index contributed by atoms with van der Waals surface area (Å²) in [6, 6.07) is 6.82. The third-order valence-electron chi connectivity index (χ3n) is 4.72. The number of morpholine rings is 1. The first-order valence-corrected chi connectivity index (χ1v) is 8.01. The molecule has 1 atom stereocenters. The molecule has 21 heavy (non-hydrogen) atoms. The van der Waals surface area contributed by atoms with E-state index in [-0.39, 0.29) is 0 Å². The normalized spacial score (nSPS) is 23.7. The fourth-order valence-corrected chi connectivity index (χ4v) is 3.32. The monoisotopic (exact) mass is 290 g/mol. The number of nitrogens with zero attached hydrogens (tertiary/aromatic N) is 2. The number of benzene rings is 1. The largest absolute Gasteiger partial charge is 0.396 e. The number of hydrogen-bond acceptors (Lipinski definition) is 4. The number of rotatable bonds is 4. The van der Waals surface area contributed by atoms with Crippen molar-refractivity contribution >= 4 is 5.69 Å². The van der Waals surface area contributed by atoms with Crippen LogP contribution in [-0.4, -0.2) is 56.0 Å². The van der Waals surface area contributed by atoms with Gasteiger partial charge >= 0.3 is 0 Å². The first-order chi connectivity index (χ1) is 10.3. The maximum absolute atomic E-state index is 9.24. The van der Waals surface area contributed by atoms with Crippen LogP contribution in [0.15, 0.2) is 18.2 Å². The summed E-state index contributed by atoms with van der Waals surface area (Å²) in [4.78, 5) is 4.86. The highest BCUT2D eigenvalue weighted by Crippen LogP contribution is 2.23. The summed E-state index contributed by atoms with van der Waals surface area (Å²) in [7, 11) is 0. The van der Waals surface area contributed by atoms with Gasteiger partial charge in [0.05, 0.1) is 13.2 Å². The van der Waals surface area contributed by atoms with Gasteiger partial charge in [-0.05, 0) is 49.1 Å². The summed E-state index contributed by atoms with van der Waals surface area (Å²) in [5, 5.41) is 9.24. The molecule has 1 unspecified atom stereocenters. The molecule has 2 aliphatic heterocycles. The zero-order chi connectivity index (χ0) is 14.7. The first kappa shape index (κ1) is 14.8. The van der Waals surface area contributed by atoms with Crippen LogP contribution in [0.5, 0.6) is 0 Å². The molecule has 0 spiro atoms. The molecule has 1 aromatic rings. The lowest BCUT2D eigenvalue weighted by atomic mass is 10.1. The standard InChI is InChI=1S/C17H26N2O2/c1-14-10-17(19-6-8-21-9-7-19)3-2-16(14)12-18-5-4-15(11-18)13-20/h2-3,10,15,20H,4-9,11-13H2,1H3. The van der Waals surface area contributed by atoms with Crippen LogP contribution in [0.1, 0.15) is 17.5 Å². The van der Waals surface area contributed by atoms with E-state index in [1.165, 1.54) is 16.8 Å². The van der Waals surface area contributed by atoms with E-state index in [2.05, 4.69) is 34.9 Å². The van der Waals surface area contributed by atoms with Crippen molar-refractivity contribution in [3.63, 3.8) is 0 Å². The van der Waals surface area contributed by atoms with Crippen LogP contribution < -0.4 is 4.90 Å². The van der Waals surface area contributed by atoms with Crippen molar-refractivity contribution in [2.75, 3.05) is 50.9 Å². The van der Waals surface area contributed by atoms with Crippen LogP contribution in [0.25, 0.3) is 0 Å². The molecule has 0 radical (unpaired) electrons. The van der Waals surface area contributed by atoms with Crippen molar-refractivity contribution in [3.05, 3.63) is 29.3 Å². The molecule has 2 heterocycles. The minimum absolute atomic E-state index is 0.325. The lowest BCUT2D eigenvalue weighted by Gasteiger charge is -2.29. The van der Waals surface area contributed by atoms with Gasteiger partial charge in [0.25, 0.3) is 0 Å². The van der Waals surface area contributed by atoms with Gasteiger partial charge in [0.1, 0.15) is 0 Å². The number of anilines is 1. The molecule has 0 aliphatic carbocycles. The second kappa shape index (κ2) is 6.77. The van der Waals surface area contributed by atoms with Crippen LogP contribution in [0.4, 0.5) is 5.69 Å².